The summed E-state index contributed by atoms with van der Waals surface area (Å²) >= 11 is 8.65. The Morgan fingerprint density at radius 2 is 1.94 bits per heavy atom. The van der Waals surface area contributed by atoms with Crippen molar-refractivity contribution in [1.29, 1.82) is 0 Å². The number of aromatic amines is 1. The Hall–Kier alpha value is -1.01. The lowest BCUT2D eigenvalue weighted by Gasteiger charge is -2.11. The topological polar surface area (TPSA) is 32.9 Å². The van der Waals surface area contributed by atoms with Gasteiger partial charge in [-0.3, -0.25) is 4.79 Å². The van der Waals surface area contributed by atoms with Crippen LogP contribution in [0.4, 0.5) is 13.2 Å². The lowest BCUT2D eigenvalue weighted by Crippen LogP contribution is -2.11. The van der Waals surface area contributed by atoms with Gasteiger partial charge in [0.2, 0.25) is 0 Å². The highest BCUT2D eigenvalue weighted by atomic mass is 79.9. The van der Waals surface area contributed by atoms with Crippen LogP contribution in [0.15, 0.2) is 27.6 Å². The van der Waals surface area contributed by atoms with E-state index in [1.54, 1.807) is 0 Å². The van der Waals surface area contributed by atoms with Gasteiger partial charge in [-0.05, 0) is 12.1 Å². The summed E-state index contributed by atoms with van der Waals surface area (Å²) in [6.07, 6.45) is -3.52. The molecule has 1 aromatic carbocycles. The van der Waals surface area contributed by atoms with Gasteiger partial charge in [0.05, 0.1) is 16.0 Å². The molecule has 7 heteroatoms. The van der Waals surface area contributed by atoms with E-state index in [1.807, 2.05) is 0 Å². The molecule has 0 fully saturated rings. The van der Waals surface area contributed by atoms with Crippen LogP contribution in [0.1, 0.15) is 5.56 Å². The van der Waals surface area contributed by atoms with Crippen LogP contribution in [0.2, 0.25) is 5.02 Å². The van der Waals surface area contributed by atoms with E-state index in [2.05, 4.69) is 20.9 Å². The summed E-state index contributed by atoms with van der Waals surface area (Å²) in [6.45, 7) is 0. The number of nitrogens with one attached hydrogen (secondary N) is 1. The standard InChI is InChI=1S/C10H4BrClF3NO/c11-4-1-5-8(6(2-4)10(13,14)15)7(12)3-16-9(5)17/h1-3H,(H,16,17). The second-order valence-corrected chi connectivity index (χ2v) is 4.66. The lowest BCUT2D eigenvalue weighted by atomic mass is 10.1. The van der Waals surface area contributed by atoms with Crippen LogP contribution in [0.25, 0.3) is 10.8 Å². The number of rotatable bonds is 0. The molecule has 90 valence electrons. The molecule has 0 spiro atoms. The van der Waals surface area contributed by atoms with Gasteiger partial charge in [-0.15, -0.1) is 0 Å². The van der Waals surface area contributed by atoms with E-state index in [0.29, 0.717) is 0 Å². The lowest BCUT2D eigenvalue weighted by molar-refractivity contribution is -0.136. The summed E-state index contributed by atoms with van der Waals surface area (Å²) in [5.41, 5.74) is -1.55. The highest BCUT2D eigenvalue weighted by molar-refractivity contribution is 9.10. The fourth-order valence-electron chi connectivity index (χ4n) is 1.55. The zero-order valence-electron chi connectivity index (χ0n) is 8.03. The summed E-state index contributed by atoms with van der Waals surface area (Å²) in [4.78, 5) is 13.7. The monoisotopic (exact) mass is 325 g/mol. The van der Waals surface area contributed by atoms with Crippen molar-refractivity contribution in [3.63, 3.8) is 0 Å². The molecule has 0 aliphatic rings. The SMILES string of the molecule is O=c1[nH]cc(Cl)c2c(C(F)(F)F)cc(Br)cc12. The van der Waals surface area contributed by atoms with Gasteiger partial charge in [-0.25, -0.2) is 0 Å². The van der Waals surface area contributed by atoms with E-state index in [0.717, 1.165) is 12.3 Å². The Morgan fingerprint density at radius 3 is 2.53 bits per heavy atom. The molecule has 0 unspecified atom stereocenters. The maximum Gasteiger partial charge on any atom is 0.417 e. The van der Waals surface area contributed by atoms with Crippen molar-refractivity contribution in [2.24, 2.45) is 0 Å². The molecule has 1 aromatic heterocycles. The molecule has 2 rings (SSSR count). The van der Waals surface area contributed by atoms with Crippen molar-refractivity contribution >= 4 is 38.3 Å². The maximum absolute atomic E-state index is 12.8. The molecular formula is C10H4BrClF3NO. The molecule has 2 aromatic rings. The third-order valence-electron chi connectivity index (χ3n) is 2.22. The van der Waals surface area contributed by atoms with Gasteiger partial charge in [0.1, 0.15) is 0 Å². The van der Waals surface area contributed by atoms with Crippen molar-refractivity contribution in [3.05, 3.63) is 43.7 Å². The predicted octanol–water partition coefficient (Wildman–Crippen LogP) is 3.96. The molecule has 0 radical (unpaired) electrons. The Morgan fingerprint density at radius 1 is 1.29 bits per heavy atom. The van der Waals surface area contributed by atoms with Crippen LogP contribution in [0.3, 0.4) is 0 Å². The summed E-state index contributed by atoms with van der Waals surface area (Å²) in [5, 5.41) is -0.523. The van der Waals surface area contributed by atoms with E-state index in [1.165, 1.54) is 6.07 Å². The van der Waals surface area contributed by atoms with Gasteiger partial charge in [0, 0.05) is 16.1 Å². The number of halogens is 5. The Labute approximate surface area is 107 Å². The Balaban J connectivity index is 3.03. The average Bonchev–Trinajstić information content (AvgIpc) is 2.21. The summed E-state index contributed by atoms with van der Waals surface area (Å²) in [6, 6.07) is 2.20. The first kappa shape index (κ1) is 12.4. The molecule has 1 N–H and O–H groups in total. The first-order valence-corrected chi connectivity index (χ1v) is 5.55. The molecule has 2 nitrogen and oxygen atoms in total. The molecule has 0 aliphatic carbocycles. The smallest absolute Gasteiger partial charge is 0.327 e. The molecule has 0 atom stereocenters. The second-order valence-electron chi connectivity index (χ2n) is 3.34. The number of aromatic nitrogens is 1. The highest BCUT2D eigenvalue weighted by Gasteiger charge is 2.34. The number of H-pyrrole nitrogens is 1. The van der Waals surface area contributed by atoms with E-state index < -0.39 is 17.3 Å². The van der Waals surface area contributed by atoms with E-state index >= 15 is 0 Å². The Kier molecular flexibility index (Phi) is 2.95. The number of fused-ring (bicyclic) bond motifs is 1. The number of hydrogen-bond donors (Lipinski definition) is 1. The van der Waals surface area contributed by atoms with Crippen LogP contribution in [0.5, 0.6) is 0 Å². The fourth-order valence-corrected chi connectivity index (χ4v) is 2.26. The van der Waals surface area contributed by atoms with Crippen molar-refractivity contribution in [1.82, 2.24) is 4.98 Å². The molecule has 0 saturated carbocycles. The van der Waals surface area contributed by atoms with E-state index in [-0.39, 0.29) is 20.3 Å². The maximum atomic E-state index is 12.8. The molecule has 0 bridgehead atoms. The summed E-state index contributed by atoms with van der Waals surface area (Å²) < 4.78 is 38.6. The number of hydrogen-bond acceptors (Lipinski definition) is 1. The minimum Gasteiger partial charge on any atom is -0.327 e. The third-order valence-corrected chi connectivity index (χ3v) is 2.98. The van der Waals surface area contributed by atoms with Crippen molar-refractivity contribution in [2.45, 2.75) is 6.18 Å². The minimum atomic E-state index is -4.57. The zero-order chi connectivity index (χ0) is 12.8. The van der Waals surface area contributed by atoms with Gasteiger partial charge in [-0.2, -0.15) is 13.2 Å². The number of benzene rings is 1. The van der Waals surface area contributed by atoms with Crippen molar-refractivity contribution in [3.8, 4) is 0 Å². The van der Waals surface area contributed by atoms with Gasteiger partial charge in [-0.1, -0.05) is 27.5 Å². The molecule has 0 saturated heterocycles. The predicted molar refractivity (Wildman–Crippen MR) is 62.3 cm³/mol. The van der Waals surface area contributed by atoms with Crippen LogP contribution < -0.4 is 5.56 Å². The molecule has 17 heavy (non-hydrogen) atoms. The van der Waals surface area contributed by atoms with Gasteiger partial charge < -0.3 is 4.98 Å². The summed E-state index contributed by atoms with van der Waals surface area (Å²) in [5.74, 6) is 0. The first-order valence-electron chi connectivity index (χ1n) is 4.38. The average molecular weight is 326 g/mol. The van der Waals surface area contributed by atoms with E-state index in [4.69, 9.17) is 11.6 Å². The van der Waals surface area contributed by atoms with Crippen LogP contribution in [-0.4, -0.2) is 4.98 Å². The highest BCUT2D eigenvalue weighted by Crippen LogP contribution is 2.38. The van der Waals surface area contributed by atoms with Crippen molar-refractivity contribution < 1.29 is 13.2 Å². The third kappa shape index (κ3) is 2.19. The largest absolute Gasteiger partial charge is 0.417 e. The summed E-state index contributed by atoms with van der Waals surface area (Å²) in [7, 11) is 0. The van der Waals surface area contributed by atoms with Crippen molar-refractivity contribution in [2.75, 3.05) is 0 Å². The Bertz CT molecular complexity index is 650. The van der Waals surface area contributed by atoms with E-state index in [9.17, 15) is 18.0 Å². The minimum absolute atomic E-state index is 0.0980. The quantitative estimate of drug-likeness (QED) is 0.781. The zero-order valence-corrected chi connectivity index (χ0v) is 10.4. The molecular weight excluding hydrogens is 322 g/mol. The molecule has 0 aliphatic heterocycles. The van der Waals surface area contributed by atoms with Crippen LogP contribution in [0, 0.1) is 0 Å². The van der Waals surface area contributed by atoms with Crippen LogP contribution >= 0.6 is 27.5 Å². The normalized spacial score (nSPS) is 12.1. The van der Waals surface area contributed by atoms with Crippen LogP contribution in [-0.2, 0) is 6.18 Å². The van der Waals surface area contributed by atoms with Gasteiger partial charge >= 0.3 is 6.18 Å². The molecule has 1 heterocycles. The van der Waals surface area contributed by atoms with Gasteiger partial charge in [0.25, 0.3) is 5.56 Å². The number of pyridine rings is 1. The molecule has 0 amide bonds. The van der Waals surface area contributed by atoms with Gasteiger partial charge in [0.15, 0.2) is 0 Å². The fraction of sp³-hybridized carbons (Fsp3) is 0.100. The number of alkyl halides is 3. The second kappa shape index (κ2) is 4.03. The first-order chi connectivity index (χ1) is 7.80.